The Morgan fingerprint density at radius 1 is 1.48 bits per heavy atom. The molecule has 0 saturated carbocycles. The van der Waals surface area contributed by atoms with Gasteiger partial charge in [-0.3, -0.25) is 9.78 Å². The Hall–Kier alpha value is -1.75. The smallest absolute Gasteiger partial charge is 0.229 e. The maximum Gasteiger partial charge on any atom is 0.229 e. The number of aryl methyl sites for hydroxylation is 1. The SMILES string of the molecule is CC(CNC(=O)C1CCCc2cccnc21)c1nccs1. The molecule has 0 aliphatic heterocycles. The van der Waals surface area contributed by atoms with Gasteiger partial charge in [0.15, 0.2) is 0 Å². The van der Waals surface area contributed by atoms with E-state index in [0.29, 0.717) is 6.54 Å². The average Bonchev–Trinajstić information content (AvgIpc) is 3.06. The highest BCUT2D eigenvalue weighted by Gasteiger charge is 2.27. The predicted octanol–water partition coefficient (Wildman–Crippen LogP) is 2.88. The van der Waals surface area contributed by atoms with Crippen LogP contribution in [0.3, 0.4) is 0 Å². The second kappa shape index (κ2) is 6.35. The number of rotatable bonds is 4. The van der Waals surface area contributed by atoms with E-state index in [2.05, 4.69) is 28.3 Å². The fourth-order valence-corrected chi connectivity index (χ4v) is 3.51. The third kappa shape index (κ3) is 3.13. The highest BCUT2D eigenvalue weighted by atomic mass is 32.1. The molecule has 2 heterocycles. The van der Waals surface area contributed by atoms with Gasteiger partial charge in [0.25, 0.3) is 0 Å². The summed E-state index contributed by atoms with van der Waals surface area (Å²) in [5.74, 6) is 0.247. The number of nitrogens with zero attached hydrogens (tertiary/aromatic N) is 2. The lowest BCUT2D eigenvalue weighted by Crippen LogP contribution is -2.34. The third-order valence-corrected chi connectivity index (χ3v) is 4.97. The van der Waals surface area contributed by atoms with Crippen LogP contribution < -0.4 is 5.32 Å². The van der Waals surface area contributed by atoms with Crippen LogP contribution in [0.15, 0.2) is 29.9 Å². The van der Waals surface area contributed by atoms with Gasteiger partial charge in [-0.15, -0.1) is 11.3 Å². The van der Waals surface area contributed by atoms with Crippen molar-refractivity contribution in [3.8, 4) is 0 Å². The summed E-state index contributed by atoms with van der Waals surface area (Å²) in [6, 6.07) is 4.03. The third-order valence-electron chi connectivity index (χ3n) is 3.97. The Balaban J connectivity index is 1.64. The fraction of sp³-hybridized carbons (Fsp3) is 0.438. The van der Waals surface area contributed by atoms with E-state index in [1.54, 1.807) is 23.7 Å². The van der Waals surface area contributed by atoms with Crippen molar-refractivity contribution >= 4 is 17.2 Å². The molecule has 0 spiro atoms. The van der Waals surface area contributed by atoms with Gasteiger partial charge in [-0.1, -0.05) is 13.0 Å². The van der Waals surface area contributed by atoms with E-state index in [9.17, 15) is 4.79 Å². The zero-order valence-electron chi connectivity index (χ0n) is 12.1. The predicted molar refractivity (Wildman–Crippen MR) is 83.5 cm³/mol. The van der Waals surface area contributed by atoms with Crippen LogP contribution in [-0.2, 0) is 11.2 Å². The van der Waals surface area contributed by atoms with Gasteiger partial charge < -0.3 is 5.32 Å². The van der Waals surface area contributed by atoms with Crippen molar-refractivity contribution < 1.29 is 4.79 Å². The molecule has 0 radical (unpaired) electrons. The molecule has 110 valence electrons. The van der Waals surface area contributed by atoms with Crippen molar-refractivity contribution in [2.24, 2.45) is 0 Å². The Labute approximate surface area is 128 Å². The first kappa shape index (κ1) is 14.2. The first-order valence-corrected chi connectivity index (χ1v) is 8.24. The molecule has 4 nitrogen and oxygen atoms in total. The van der Waals surface area contributed by atoms with Gasteiger partial charge in [-0.25, -0.2) is 4.98 Å². The summed E-state index contributed by atoms with van der Waals surface area (Å²) in [4.78, 5) is 21.2. The summed E-state index contributed by atoms with van der Waals surface area (Å²) in [5.41, 5.74) is 2.18. The van der Waals surface area contributed by atoms with Gasteiger partial charge in [0.1, 0.15) is 0 Å². The van der Waals surface area contributed by atoms with Crippen molar-refractivity contribution in [2.75, 3.05) is 6.54 Å². The highest BCUT2D eigenvalue weighted by Crippen LogP contribution is 2.30. The number of hydrogen-bond acceptors (Lipinski definition) is 4. The maximum atomic E-state index is 12.5. The molecule has 0 saturated heterocycles. The number of aromatic nitrogens is 2. The molecule has 2 aromatic heterocycles. The second-order valence-electron chi connectivity index (χ2n) is 5.51. The summed E-state index contributed by atoms with van der Waals surface area (Å²) >= 11 is 1.63. The Morgan fingerprint density at radius 3 is 3.19 bits per heavy atom. The Bertz CT molecular complexity index is 612. The van der Waals surface area contributed by atoms with E-state index in [1.807, 2.05) is 11.4 Å². The van der Waals surface area contributed by atoms with Crippen molar-refractivity contribution in [3.63, 3.8) is 0 Å². The van der Waals surface area contributed by atoms with E-state index < -0.39 is 0 Å². The topological polar surface area (TPSA) is 54.9 Å². The van der Waals surface area contributed by atoms with E-state index in [4.69, 9.17) is 0 Å². The van der Waals surface area contributed by atoms with Crippen molar-refractivity contribution in [2.45, 2.75) is 38.0 Å². The van der Waals surface area contributed by atoms with Crippen LogP contribution in [-0.4, -0.2) is 22.4 Å². The molecule has 0 aromatic carbocycles. The van der Waals surface area contributed by atoms with Crippen LogP contribution in [0.1, 0.15) is 47.9 Å². The summed E-state index contributed by atoms with van der Waals surface area (Å²) < 4.78 is 0. The first-order valence-electron chi connectivity index (χ1n) is 7.36. The van der Waals surface area contributed by atoms with Gasteiger partial charge in [-0.2, -0.15) is 0 Å². The van der Waals surface area contributed by atoms with Gasteiger partial charge >= 0.3 is 0 Å². The van der Waals surface area contributed by atoms with Crippen LogP contribution in [0.2, 0.25) is 0 Å². The van der Waals surface area contributed by atoms with E-state index in [0.717, 1.165) is 30.0 Å². The number of carbonyl (C=O) groups is 1. The molecule has 1 N–H and O–H groups in total. The zero-order valence-corrected chi connectivity index (χ0v) is 12.9. The van der Waals surface area contributed by atoms with E-state index in [1.165, 1.54) is 5.56 Å². The van der Waals surface area contributed by atoms with Gasteiger partial charge in [0.2, 0.25) is 5.91 Å². The Kier molecular flexibility index (Phi) is 4.29. The minimum absolute atomic E-state index is 0.0954. The molecule has 2 aromatic rings. The van der Waals surface area contributed by atoms with Gasteiger partial charge in [0, 0.05) is 30.2 Å². The summed E-state index contributed by atoms with van der Waals surface area (Å²) in [6.07, 6.45) is 6.56. The molecule has 1 aliphatic rings. The van der Waals surface area contributed by atoms with Crippen molar-refractivity contribution in [3.05, 3.63) is 46.2 Å². The molecule has 0 fully saturated rings. The van der Waals surface area contributed by atoms with Crippen LogP contribution in [0.25, 0.3) is 0 Å². The molecule has 1 amide bonds. The molecule has 21 heavy (non-hydrogen) atoms. The lowest BCUT2D eigenvalue weighted by atomic mass is 9.86. The second-order valence-corrected chi connectivity index (χ2v) is 6.44. The molecule has 2 unspecified atom stereocenters. The molecule has 5 heteroatoms. The van der Waals surface area contributed by atoms with Gasteiger partial charge in [0.05, 0.1) is 16.6 Å². The minimum Gasteiger partial charge on any atom is -0.355 e. The first-order chi connectivity index (χ1) is 10.3. The van der Waals surface area contributed by atoms with E-state index in [-0.39, 0.29) is 17.7 Å². The zero-order chi connectivity index (χ0) is 14.7. The summed E-state index contributed by atoms with van der Waals surface area (Å²) in [6.45, 7) is 2.72. The summed E-state index contributed by atoms with van der Waals surface area (Å²) in [7, 11) is 0. The number of fused-ring (bicyclic) bond motifs is 1. The molecule has 1 aliphatic carbocycles. The quantitative estimate of drug-likeness (QED) is 0.944. The minimum atomic E-state index is -0.0987. The largest absolute Gasteiger partial charge is 0.355 e. The average molecular weight is 301 g/mol. The number of nitrogens with one attached hydrogen (secondary N) is 1. The van der Waals surface area contributed by atoms with Crippen LogP contribution >= 0.6 is 11.3 Å². The Morgan fingerprint density at radius 2 is 2.38 bits per heavy atom. The number of thiazole rings is 1. The number of hydrogen-bond donors (Lipinski definition) is 1. The summed E-state index contributed by atoms with van der Waals surface area (Å²) in [5, 5.41) is 6.10. The standard InChI is InChI=1S/C16H19N3OS/c1-11(16-18-8-9-21-16)10-19-15(20)13-6-2-4-12-5-3-7-17-14(12)13/h3,5,7-9,11,13H,2,4,6,10H2,1H3,(H,19,20). The van der Waals surface area contributed by atoms with Crippen LogP contribution in [0.5, 0.6) is 0 Å². The number of pyridine rings is 1. The normalized spacial score (nSPS) is 18.8. The monoisotopic (exact) mass is 301 g/mol. The number of amides is 1. The molecular formula is C16H19N3OS. The van der Waals surface area contributed by atoms with Crippen molar-refractivity contribution in [1.29, 1.82) is 0 Å². The molecular weight excluding hydrogens is 282 g/mol. The molecule has 2 atom stereocenters. The fourth-order valence-electron chi connectivity index (χ4n) is 2.81. The lowest BCUT2D eigenvalue weighted by Gasteiger charge is -2.24. The van der Waals surface area contributed by atoms with Gasteiger partial charge in [-0.05, 0) is 30.9 Å². The van der Waals surface area contributed by atoms with Crippen molar-refractivity contribution in [1.82, 2.24) is 15.3 Å². The maximum absolute atomic E-state index is 12.5. The lowest BCUT2D eigenvalue weighted by molar-refractivity contribution is -0.123. The van der Waals surface area contributed by atoms with E-state index >= 15 is 0 Å². The van der Waals surface area contributed by atoms with Crippen LogP contribution in [0.4, 0.5) is 0 Å². The van der Waals surface area contributed by atoms with Crippen LogP contribution in [0, 0.1) is 0 Å². The molecule has 0 bridgehead atoms. The molecule has 3 rings (SSSR count). The highest BCUT2D eigenvalue weighted by molar-refractivity contribution is 7.09. The number of carbonyl (C=O) groups excluding carboxylic acids is 1.